The second kappa shape index (κ2) is 8.65. The van der Waals surface area contributed by atoms with E-state index in [1.54, 1.807) is 25.3 Å². The molecule has 0 aliphatic rings. The average Bonchev–Trinajstić information content (AvgIpc) is 2.60. The van der Waals surface area contributed by atoms with Gasteiger partial charge in [-0.1, -0.05) is 26.0 Å². The quantitative estimate of drug-likeness (QED) is 0.727. The highest BCUT2D eigenvalue weighted by atomic mass is 19.1. The maximum absolute atomic E-state index is 12.9. The van der Waals surface area contributed by atoms with Crippen LogP contribution in [0, 0.1) is 12.7 Å². The standard InChI is InChI=1S/C22H26FNO2/c1-14(2)19-13-20(15(3)12-21(19)26-5)16(4)24-22(25)11-8-17-6-9-18(23)10-7-17/h6-14,16H,1-5H3,(H,24,25)/b11-8+/t16-/m1/s1. The van der Waals surface area contributed by atoms with Crippen molar-refractivity contribution in [1.29, 1.82) is 0 Å². The fraction of sp³-hybridized carbons (Fsp3) is 0.318. The Morgan fingerprint density at radius 3 is 2.35 bits per heavy atom. The third kappa shape index (κ3) is 4.94. The van der Waals surface area contributed by atoms with Crippen molar-refractivity contribution in [3.63, 3.8) is 0 Å². The number of benzene rings is 2. The van der Waals surface area contributed by atoms with Crippen LogP contribution in [-0.4, -0.2) is 13.0 Å². The van der Waals surface area contributed by atoms with Gasteiger partial charge in [-0.3, -0.25) is 4.79 Å². The van der Waals surface area contributed by atoms with E-state index in [9.17, 15) is 9.18 Å². The number of hydrogen-bond donors (Lipinski definition) is 1. The van der Waals surface area contributed by atoms with E-state index in [4.69, 9.17) is 4.74 Å². The molecule has 2 aromatic rings. The fourth-order valence-corrected chi connectivity index (χ4v) is 2.90. The molecule has 3 nitrogen and oxygen atoms in total. The SMILES string of the molecule is COc1cc(C)c([C@@H](C)NC(=O)/C=C/c2ccc(F)cc2)cc1C(C)C. The highest BCUT2D eigenvalue weighted by Crippen LogP contribution is 2.32. The van der Waals surface area contributed by atoms with Crippen molar-refractivity contribution >= 4 is 12.0 Å². The first-order valence-corrected chi connectivity index (χ1v) is 8.74. The monoisotopic (exact) mass is 355 g/mol. The van der Waals surface area contributed by atoms with Gasteiger partial charge >= 0.3 is 0 Å². The molecule has 0 aliphatic carbocycles. The molecule has 1 amide bonds. The fourth-order valence-electron chi connectivity index (χ4n) is 2.90. The molecule has 2 rings (SSSR count). The van der Waals surface area contributed by atoms with Crippen molar-refractivity contribution in [3.05, 3.63) is 70.5 Å². The molecule has 1 atom stereocenters. The van der Waals surface area contributed by atoms with E-state index >= 15 is 0 Å². The van der Waals surface area contributed by atoms with Gasteiger partial charge in [-0.2, -0.15) is 0 Å². The molecule has 2 aromatic carbocycles. The average molecular weight is 355 g/mol. The predicted octanol–water partition coefficient (Wildman–Crippen LogP) is 5.16. The maximum atomic E-state index is 12.9. The molecule has 0 radical (unpaired) electrons. The van der Waals surface area contributed by atoms with Gasteiger partial charge in [0.15, 0.2) is 0 Å². The second-order valence-corrected chi connectivity index (χ2v) is 6.72. The lowest BCUT2D eigenvalue weighted by molar-refractivity contribution is -0.117. The molecular weight excluding hydrogens is 329 g/mol. The Hall–Kier alpha value is -2.62. The molecular formula is C22H26FNO2. The first kappa shape index (κ1) is 19.7. The number of ether oxygens (including phenoxy) is 1. The summed E-state index contributed by atoms with van der Waals surface area (Å²) in [6, 6.07) is 9.98. The van der Waals surface area contributed by atoms with Gasteiger partial charge in [-0.25, -0.2) is 4.39 Å². The largest absolute Gasteiger partial charge is 0.496 e. The first-order chi connectivity index (χ1) is 12.3. The molecule has 1 N–H and O–H groups in total. The minimum atomic E-state index is -0.295. The van der Waals surface area contributed by atoms with Crippen molar-refractivity contribution in [1.82, 2.24) is 5.32 Å². The highest BCUT2D eigenvalue weighted by molar-refractivity contribution is 5.92. The van der Waals surface area contributed by atoms with Gasteiger partial charge in [0.05, 0.1) is 13.2 Å². The van der Waals surface area contributed by atoms with E-state index in [0.29, 0.717) is 5.92 Å². The van der Waals surface area contributed by atoms with E-state index < -0.39 is 0 Å². The number of aryl methyl sites for hydroxylation is 1. The lowest BCUT2D eigenvalue weighted by Gasteiger charge is -2.20. The summed E-state index contributed by atoms with van der Waals surface area (Å²) in [4.78, 5) is 12.2. The van der Waals surface area contributed by atoms with Crippen molar-refractivity contribution in [2.45, 2.75) is 39.7 Å². The topological polar surface area (TPSA) is 38.3 Å². The number of nitrogens with one attached hydrogen (secondary N) is 1. The van der Waals surface area contributed by atoms with Crippen LogP contribution < -0.4 is 10.1 Å². The van der Waals surface area contributed by atoms with Crippen LogP contribution in [0.4, 0.5) is 4.39 Å². The summed E-state index contributed by atoms with van der Waals surface area (Å²) < 4.78 is 18.4. The van der Waals surface area contributed by atoms with Gasteiger partial charge < -0.3 is 10.1 Å². The second-order valence-electron chi connectivity index (χ2n) is 6.72. The number of methoxy groups -OCH3 is 1. The summed E-state index contributed by atoms with van der Waals surface area (Å²) in [7, 11) is 1.67. The van der Waals surface area contributed by atoms with E-state index in [1.165, 1.54) is 18.2 Å². The Labute approximate surface area is 154 Å². The Morgan fingerprint density at radius 2 is 1.77 bits per heavy atom. The van der Waals surface area contributed by atoms with Crippen LogP contribution >= 0.6 is 0 Å². The number of carbonyl (C=O) groups is 1. The molecule has 0 saturated heterocycles. The van der Waals surface area contributed by atoms with E-state index in [1.807, 2.05) is 19.9 Å². The van der Waals surface area contributed by atoms with E-state index in [0.717, 1.165) is 28.0 Å². The van der Waals surface area contributed by atoms with Crippen LogP contribution in [0.3, 0.4) is 0 Å². The van der Waals surface area contributed by atoms with E-state index in [-0.39, 0.29) is 17.8 Å². The van der Waals surface area contributed by atoms with Crippen LogP contribution in [0.25, 0.3) is 6.08 Å². The molecule has 26 heavy (non-hydrogen) atoms. The van der Waals surface area contributed by atoms with Crippen LogP contribution in [-0.2, 0) is 4.79 Å². The number of amides is 1. The van der Waals surface area contributed by atoms with Crippen LogP contribution in [0.1, 0.15) is 55.0 Å². The maximum Gasteiger partial charge on any atom is 0.244 e. The summed E-state index contributed by atoms with van der Waals surface area (Å²) in [5.74, 6) is 0.709. The van der Waals surface area contributed by atoms with Crippen molar-refractivity contribution < 1.29 is 13.9 Å². The van der Waals surface area contributed by atoms with Gasteiger partial charge in [0.2, 0.25) is 5.91 Å². The number of hydrogen-bond acceptors (Lipinski definition) is 2. The van der Waals surface area contributed by atoms with Crippen LogP contribution in [0.5, 0.6) is 5.75 Å². The normalized spacial score (nSPS) is 12.4. The Bertz CT molecular complexity index is 795. The molecule has 0 heterocycles. The third-order valence-corrected chi connectivity index (χ3v) is 4.36. The predicted molar refractivity (Wildman–Crippen MR) is 104 cm³/mol. The first-order valence-electron chi connectivity index (χ1n) is 8.74. The number of halogens is 1. The zero-order chi connectivity index (χ0) is 19.3. The third-order valence-electron chi connectivity index (χ3n) is 4.36. The van der Waals surface area contributed by atoms with Crippen LogP contribution in [0.2, 0.25) is 0 Å². The summed E-state index contributed by atoms with van der Waals surface area (Å²) in [6.45, 7) is 8.21. The minimum Gasteiger partial charge on any atom is -0.496 e. The molecule has 4 heteroatoms. The van der Waals surface area contributed by atoms with E-state index in [2.05, 4.69) is 25.2 Å². The molecule has 0 aromatic heterocycles. The lowest BCUT2D eigenvalue weighted by atomic mass is 9.93. The van der Waals surface area contributed by atoms with Gasteiger partial charge in [-0.15, -0.1) is 0 Å². The highest BCUT2D eigenvalue weighted by Gasteiger charge is 2.16. The minimum absolute atomic E-state index is 0.135. The summed E-state index contributed by atoms with van der Waals surface area (Å²) in [5, 5.41) is 2.98. The van der Waals surface area contributed by atoms with Crippen LogP contribution in [0.15, 0.2) is 42.5 Å². The zero-order valence-electron chi connectivity index (χ0n) is 16.0. The molecule has 0 fully saturated rings. The zero-order valence-corrected chi connectivity index (χ0v) is 16.0. The molecule has 0 spiro atoms. The van der Waals surface area contributed by atoms with Gasteiger partial charge in [-0.05, 0) is 72.4 Å². The van der Waals surface area contributed by atoms with Gasteiger partial charge in [0, 0.05) is 6.08 Å². The Morgan fingerprint density at radius 1 is 1.12 bits per heavy atom. The Kier molecular flexibility index (Phi) is 6.56. The van der Waals surface area contributed by atoms with Gasteiger partial charge in [0.1, 0.15) is 11.6 Å². The molecule has 0 unspecified atom stereocenters. The summed E-state index contributed by atoms with van der Waals surface area (Å²) in [5.41, 5.74) is 4.03. The van der Waals surface area contributed by atoms with Crippen molar-refractivity contribution in [3.8, 4) is 5.75 Å². The lowest BCUT2D eigenvalue weighted by Crippen LogP contribution is -2.25. The smallest absolute Gasteiger partial charge is 0.244 e. The molecule has 0 aliphatic heterocycles. The Balaban J connectivity index is 2.13. The number of carbonyl (C=O) groups excluding carboxylic acids is 1. The summed E-state index contributed by atoms with van der Waals surface area (Å²) in [6.07, 6.45) is 3.13. The molecule has 0 bridgehead atoms. The summed E-state index contributed by atoms with van der Waals surface area (Å²) >= 11 is 0. The van der Waals surface area contributed by atoms with Gasteiger partial charge in [0.25, 0.3) is 0 Å². The van der Waals surface area contributed by atoms with Crippen molar-refractivity contribution in [2.75, 3.05) is 7.11 Å². The number of rotatable bonds is 6. The molecule has 138 valence electrons. The van der Waals surface area contributed by atoms with Crippen molar-refractivity contribution in [2.24, 2.45) is 0 Å². The molecule has 0 saturated carbocycles.